The highest BCUT2D eigenvalue weighted by Gasteiger charge is 2.19. The molecule has 1 amide bonds. The number of nitrogen functional groups attached to an aromatic ring is 1. The smallest absolute Gasteiger partial charge is 0.407 e. The van der Waals surface area contributed by atoms with Crippen LogP contribution in [0.4, 0.5) is 10.5 Å². The molecule has 2 aromatic carbocycles. The Morgan fingerprint density at radius 3 is 2.58 bits per heavy atom. The molecule has 2 aromatic rings. The summed E-state index contributed by atoms with van der Waals surface area (Å²) in [6.45, 7) is 0.334. The second kappa shape index (κ2) is 9.65. The van der Waals surface area contributed by atoms with Crippen molar-refractivity contribution >= 4 is 11.8 Å². The number of benzene rings is 2. The van der Waals surface area contributed by atoms with Crippen molar-refractivity contribution < 1.29 is 24.5 Å². The van der Waals surface area contributed by atoms with Crippen LogP contribution in [0.5, 0.6) is 5.75 Å². The van der Waals surface area contributed by atoms with Gasteiger partial charge in [-0.05, 0) is 29.7 Å². The van der Waals surface area contributed by atoms with Gasteiger partial charge >= 0.3 is 6.09 Å². The van der Waals surface area contributed by atoms with E-state index in [4.69, 9.17) is 15.2 Å². The summed E-state index contributed by atoms with van der Waals surface area (Å²) in [7, 11) is 1.50. The Morgan fingerprint density at radius 2 is 1.92 bits per heavy atom. The fourth-order valence-corrected chi connectivity index (χ4v) is 2.41. The molecular weight excluding hydrogens is 336 g/mol. The second-order valence-electron chi connectivity index (χ2n) is 5.79. The normalized spacial score (nSPS) is 12.9. The molecule has 0 saturated carbocycles. The van der Waals surface area contributed by atoms with E-state index in [1.165, 1.54) is 7.11 Å². The fraction of sp³-hybridized carbons (Fsp3) is 0.316. The number of rotatable bonds is 8. The third kappa shape index (κ3) is 5.65. The van der Waals surface area contributed by atoms with Gasteiger partial charge in [0.25, 0.3) is 0 Å². The molecule has 5 N–H and O–H groups in total. The monoisotopic (exact) mass is 360 g/mol. The SMILES string of the molecule is COc1ccc(C(O)C(O)CCNC(=O)OCc2ccccc2)cc1N. The van der Waals surface area contributed by atoms with Gasteiger partial charge in [0.2, 0.25) is 0 Å². The number of nitrogens with two attached hydrogens (primary N) is 1. The maximum absolute atomic E-state index is 11.6. The van der Waals surface area contributed by atoms with Gasteiger partial charge < -0.3 is 30.7 Å². The summed E-state index contributed by atoms with van der Waals surface area (Å²) < 4.78 is 10.1. The van der Waals surface area contributed by atoms with Crippen LogP contribution in [0.1, 0.15) is 23.7 Å². The zero-order valence-corrected chi connectivity index (χ0v) is 14.6. The molecule has 2 unspecified atom stereocenters. The number of methoxy groups -OCH3 is 1. The van der Waals surface area contributed by atoms with Gasteiger partial charge in [-0.3, -0.25) is 0 Å². The van der Waals surface area contributed by atoms with Crippen LogP contribution in [0.2, 0.25) is 0 Å². The van der Waals surface area contributed by atoms with E-state index in [1.807, 2.05) is 30.3 Å². The van der Waals surface area contributed by atoms with Crippen molar-refractivity contribution in [1.29, 1.82) is 0 Å². The molecule has 2 atom stereocenters. The molecule has 0 spiro atoms. The van der Waals surface area contributed by atoms with E-state index in [1.54, 1.807) is 18.2 Å². The van der Waals surface area contributed by atoms with Gasteiger partial charge in [-0.1, -0.05) is 36.4 Å². The Morgan fingerprint density at radius 1 is 1.19 bits per heavy atom. The molecule has 26 heavy (non-hydrogen) atoms. The molecule has 140 valence electrons. The van der Waals surface area contributed by atoms with E-state index in [9.17, 15) is 15.0 Å². The Hall–Kier alpha value is -2.77. The minimum absolute atomic E-state index is 0.160. The predicted molar refractivity (Wildman–Crippen MR) is 97.6 cm³/mol. The van der Waals surface area contributed by atoms with Crippen molar-refractivity contribution in [3.8, 4) is 5.75 Å². The van der Waals surface area contributed by atoms with Crippen molar-refractivity contribution in [2.24, 2.45) is 0 Å². The third-order valence-corrected chi connectivity index (χ3v) is 3.88. The van der Waals surface area contributed by atoms with E-state index in [2.05, 4.69) is 5.32 Å². The standard InChI is InChI=1S/C19H24N2O5/c1-25-17-8-7-14(11-15(17)20)18(23)16(22)9-10-21-19(24)26-12-13-5-3-2-4-6-13/h2-8,11,16,18,22-23H,9-10,12,20H2,1H3,(H,21,24). The number of amides is 1. The molecule has 0 aliphatic carbocycles. The Labute approximate surface area is 152 Å². The number of hydrogen-bond acceptors (Lipinski definition) is 6. The molecule has 0 heterocycles. The lowest BCUT2D eigenvalue weighted by Crippen LogP contribution is -2.29. The highest BCUT2D eigenvalue weighted by atomic mass is 16.5. The highest BCUT2D eigenvalue weighted by molar-refractivity contribution is 5.67. The van der Waals surface area contributed by atoms with Crippen LogP contribution >= 0.6 is 0 Å². The first kappa shape index (κ1) is 19.6. The molecule has 0 fully saturated rings. The molecule has 0 aliphatic rings. The minimum atomic E-state index is -1.12. The summed E-state index contributed by atoms with van der Waals surface area (Å²) in [5.41, 5.74) is 7.53. The van der Waals surface area contributed by atoms with Gasteiger partial charge in [0.1, 0.15) is 18.5 Å². The molecule has 2 rings (SSSR count). The van der Waals surface area contributed by atoms with Gasteiger partial charge in [-0.25, -0.2) is 4.79 Å². The number of hydrogen-bond donors (Lipinski definition) is 4. The summed E-state index contributed by atoms with van der Waals surface area (Å²) >= 11 is 0. The zero-order valence-electron chi connectivity index (χ0n) is 14.6. The van der Waals surface area contributed by atoms with Crippen LogP contribution in [-0.4, -0.2) is 36.1 Å². The van der Waals surface area contributed by atoms with Gasteiger partial charge in [0.15, 0.2) is 0 Å². The third-order valence-electron chi connectivity index (χ3n) is 3.88. The first-order chi connectivity index (χ1) is 12.5. The summed E-state index contributed by atoms with van der Waals surface area (Å²) in [5, 5.41) is 22.8. The summed E-state index contributed by atoms with van der Waals surface area (Å²) in [5.74, 6) is 0.498. The molecule has 7 heteroatoms. The van der Waals surface area contributed by atoms with Crippen molar-refractivity contribution in [1.82, 2.24) is 5.32 Å². The summed E-state index contributed by atoms with van der Waals surface area (Å²) in [6.07, 6.45) is -2.60. The van der Waals surface area contributed by atoms with Crippen LogP contribution in [-0.2, 0) is 11.3 Å². The molecular formula is C19H24N2O5. The van der Waals surface area contributed by atoms with Gasteiger partial charge in [-0.15, -0.1) is 0 Å². The Balaban J connectivity index is 1.74. The van der Waals surface area contributed by atoms with Crippen LogP contribution in [0.3, 0.4) is 0 Å². The van der Waals surface area contributed by atoms with Crippen molar-refractivity contribution in [2.75, 3.05) is 19.4 Å². The maximum atomic E-state index is 11.6. The van der Waals surface area contributed by atoms with E-state index in [-0.39, 0.29) is 19.6 Å². The summed E-state index contributed by atoms with van der Waals surface area (Å²) in [6, 6.07) is 14.1. The van der Waals surface area contributed by atoms with Crippen molar-refractivity contribution in [3.63, 3.8) is 0 Å². The Kier molecular flexibility index (Phi) is 7.25. The highest BCUT2D eigenvalue weighted by Crippen LogP contribution is 2.27. The fourth-order valence-electron chi connectivity index (χ4n) is 2.41. The lowest BCUT2D eigenvalue weighted by molar-refractivity contribution is 0.0136. The van der Waals surface area contributed by atoms with E-state index in [0.29, 0.717) is 17.0 Å². The van der Waals surface area contributed by atoms with Crippen LogP contribution in [0, 0.1) is 0 Å². The molecule has 0 radical (unpaired) electrons. The van der Waals surface area contributed by atoms with Crippen LogP contribution < -0.4 is 15.8 Å². The van der Waals surface area contributed by atoms with Crippen LogP contribution in [0.15, 0.2) is 48.5 Å². The van der Waals surface area contributed by atoms with E-state index in [0.717, 1.165) is 5.56 Å². The maximum Gasteiger partial charge on any atom is 0.407 e. The van der Waals surface area contributed by atoms with Gasteiger partial charge in [0.05, 0.1) is 18.9 Å². The number of anilines is 1. The molecule has 7 nitrogen and oxygen atoms in total. The quantitative estimate of drug-likeness (QED) is 0.535. The first-order valence-electron chi connectivity index (χ1n) is 8.25. The van der Waals surface area contributed by atoms with E-state index < -0.39 is 18.3 Å². The number of aliphatic hydroxyl groups excluding tert-OH is 2. The largest absolute Gasteiger partial charge is 0.495 e. The van der Waals surface area contributed by atoms with Crippen LogP contribution in [0.25, 0.3) is 0 Å². The Bertz CT molecular complexity index is 708. The number of carbonyl (C=O) groups excluding carboxylic acids is 1. The van der Waals surface area contributed by atoms with Crippen molar-refractivity contribution in [2.45, 2.75) is 25.2 Å². The average Bonchev–Trinajstić information content (AvgIpc) is 2.66. The molecule has 0 aromatic heterocycles. The average molecular weight is 360 g/mol. The summed E-state index contributed by atoms with van der Waals surface area (Å²) in [4.78, 5) is 11.6. The number of carbonyl (C=O) groups is 1. The van der Waals surface area contributed by atoms with Crippen molar-refractivity contribution in [3.05, 3.63) is 59.7 Å². The minimum Gasteiger partial charge on any atom is -0.495 e. The lowest BCUT2D eigenvalue weighted by Gasteiger charge is -2.19. The molecule has 0 aliphatic heterocycles. The lowest BCUT2D eigenvalue weighted by atomic mass is 10.0. The predicted octanol–water partition coefficient (Wildman–Crippen LogP) is 1.99. The van der Waals surface area contributed by atoms with Gasteiger partial charge in [0, 0.05) is 6.54 Å². The number of aliphatic hydroxyl groups is 2. The molecule has 0 saturated heterocycles. The second-order valence-corrected chi connectivity index (χ2v) is 5.79. The number of alkyl carbamates (subject to hydrolysis) is 1. The number of nitrogens with one attached hydrogen (secondary N) is 1. The first-order valence-corrected chi connectivity index (χ1v) is 8.25. The zero-order chi connectivity index (χ0) is 18.9. The number of ether oxygens (including phenoxy) is 2. The van der Waals surface area contributed by atoms with Gasteiger partial charge in [-0.2, -0.15) is 0 Å². The molecule has 0 bridgehead atoms. The topological polar surface area (TPSA) is 114 Å². The van der Waals surface area contributed by atoms with E-state index >= 15 is 0 Å².